The van der Waals surface area contributed by atoms with Crippen LogP contribution < -0.4 is 0 Å². The van der Waals surface area contributed by atoms with Crippen LogP contribution in [0.2, 0.25) is 0 Å². The number of nitrogens with zero attached hydrogens (tertiary/aromatic N) is 1. The van der Waals surface area contributed by atoms with Gasteiger partial charge in [-0.3, -0.25) is 9.59 Å². The van der Waals surface area contributed by atoms with Crippen molar-refractivity contribution >= 4 is 11.9 Å². The second-order valence-corrected chi connectivity index (χ2v) is 4.71. The van der Waals surface area contributed by atoms with Crippen molar-refractivity contribution in [2.24, 2.45) is 0 Å². The van der Waals surface area contributed by atoms with Gasteiger partial charge in [0.2, 0.25) is 5.91 Å². The van der Waals surface area contributed by atoms with E-state index < -0.39 is 23.5 Å². The van der Waals surface area contributed by atoms with Crippen LogP contribution in [0.1, 0.15) is 25.8 Å². The number of rotatable bonds is 6. The first-order valence-corrected chi connectivity index (χ1v) is 6.27. The molecule has 1 aromatic carbocycles. The number of amides is 1. The molecule has 4 nitrogen and oxygen atoms in total. The normalized spacial score (nSPS) is 10.7. The molecule has 1 N–H and O–H groups in total. The van der Waals surface area contributed by atoms with Crippen molar-refractivity contribution < 1.29 is 23.5 Å². The van der Waals surface area contributed by atoms with Crippen molar-refractivity contribution in [2.75, 3.05) is 6.54 Å². The minimum atomic E-state index is -1.04. The number of benzene rings is 1. The molecule has 1 aromatic rings. The van der Waals surface area contributed by atoms with Gasteiger partial charge in [-0.05, 0) is 19.9 Å². The highest BCUT2D eigenvalue weighted by Gasteiger charge is 2.20. The van der Waals surface area contributed by atoms with Crippen LogP contribution in [-0.4, -0.2) is 34.5 Å². The van der Waals surface area contributed by atoms with E-state index >= 15 is 0 Å². The first kappa shape index (κ1) is 16.1. The Morgan fingerprint density at radius 3 is 2.50 bits per heavy atom. The summed E-state index contributed by atoms with van der Waals surface area (Å²) in [5.41, 5.74) is -0.0315. The van der Waals surface area contributed by atoms with Crippen LogP contribution in [0.3, 0.4) is 0 Å². The molecule has 0 heterocycles. The first-order valence-electron chi connectivity index (χ1n) is 6.27. The Hall–Kier alpha value is -1.98. The lowest BCUT2D eigenvalue weighted by molar-refractivity contribution is -0.139. The van der Waals surface area contributed by atoms with Crippen molar-refractivity contribution in [3.05, 3.63) is 35.4 Å². The smallest absolute Gasteiger partial charge is 0.305 e. The van der Waals surface area contributed by atoms with Crippen molar-refractivity contribution in [1.29, 1.82) is 0 Å². The van der Waals surface area contributed by atoms with Gasteiger partial charge in [0.1, 0.15) is 0 Å². The number of carboxylic acid groups (broad SMARTS) is 1. The fourth-order valence-electron chi connectivity index (χ4n) is 1.84. The van der Waals surface area contributed by atoms with Crippen molar-refractivity contribution in [3.63, 3.8) is 0 Å². The maximum atomic E-state index is 13.5. The Morgan fingerprint density at radius 2 is 1.95 bits per heavy atom. The van der Waals surface area contributed by atoms with Gasteiger partial charge in [0.15, 0.2) is 11.6 Å². The summed E-state index contributed by atoms with van der Waals surface area (Å²) >= 11 is 0. The lowest BCUT2D eigenvalue weighted by Gasteiger charge is -2.26. The van der Waals surface area contributed by atoms with Gasteiger partial charge < -0.3 is 10.0 Å². The fourth-order valence-corrected chi connectivity index (χ4v) is 1.84. The predicted molar refractivity (Wildman–Crippen MR) is 69.2 cm³/mol. The molecule has 1 rings (SSSR count). The lowest BCUT2D eigenvalue weighted by Crippen LogP contribution is -2.39. The third kappa shape index (κ3) is 4.29. The first-order chi connectivity index (χ1) is 9.32. The summed E-state index contributed by atoms with van der Waals surface area (Å²) in [6, 6.07) is 3.44. The van der Waals surface area contributed by atoms with E-state index in [1.165, 1.54) is 17.0 Å². The Balaban J connectivity index is 2.80. The maximum Gasteiger partial charge on any atom is 0.305 e. The van der Waals surface area contributed by atoms with Crippen LogP contribution in [0.5, 0.6) is 0 Å². The minimum absolute atomic E-state index is 0.0315. The van der Waals surface area contributed by atoms with Gasteiger partial charge in [-0.2, -0.15) is 0 Å². The molecule has 0 bridgehead atoms. The summed E-state index contributed by atoms with van der Waals surface area (Å²) in [6.45, 7) is 3.52. The summed E-state index contributed by atoms with van der Waals surface area (Å²) in [6.07, 6.45) is -0.475. The molecule has 0 aliphatic carbocycles. The number of carbonyl (C=O) groups excluding carboxylic acids is 1. The molecule has 0 unspecified atom stereocenters. The second kappa shape index (κ2) is 6.98. The number of hydrogen-bond donors (Lipinski definition) is 1. The molecule has 0 saturated carbocycles. The van der Waals surface area contributed by atoms with E-state index in [2.05, 4.69) is 0 Å². The van der Waals surface area contributed by atoms with Gasteiger partial charge in [-0.1, -0.05) is 12.1 Å². The Labute approximate surface area is 116 Å². The van der Waals surface area contributed by atoms with E-state index in [-0.39, 0.29) is 31.0 Å². The van der Waals surface area contributed by atoms with Crippen LogP contribution in [-0.2, 0) is 16.0 Å². The number of carboxylic acids is 1. The van der Waals surface area contributed by atoms with Gasteiger partial charge in [0.25, 0.3) is 0 Å². The van der Waals surface area contributed by atoms with Gasteiger partial charge >= 0.3 is 5.97 Å². The summed E-state index contributed by atoms with van der Waals surface area (Å²) in [7, 11) is 0. The van der Waals surface area contributed by atoms with E-state index in [1.807, 2.05) is 0 Å². The molecule has 0 aromatic heterocycles. The third-order valence-corrected chi connectivity index (χ3v) is 2.88. The third-order valence-electron chi connectivity index (χ3n) is 2.88. The van der Waals surface area contributed by atoms with Gasteiger partial charge in [-0.25, -0.2) is 8.78 Å². The predicted octanol–water partition coefficient (Wildman–Crippen LogP) is 2.22. The van der Waals surface area contributed by atoms with Gasteiger partial charge in [-0.15, -0.1) is 0 Å². The molecular weight excluding hydrogens is 268 g/mol. The molecule has 0 fully saturated rings. The quantitative estimate of drug-likeness (QED) is 0.872. The lowest BCUT2D eigenvalue weighted by atomic mass is 10.1. The Morgan fingerprint density at radius 1 is 1.30 bits per heavy atom. The largest absolute Gasteiger partial charge is 0.481 e. The van der Waals surface area contributed by atoms with E-state index in [1.54, 1.807) is 13.8 Å². The highest BCUT2D eigenvalue weighted by molar-refractivity contribution is 5.79. The summed E-state index contributed by atoms with van der Waals surface area (Å²) < 4.78 is 26.6. The number of aliphatic carboxylic acids is 1. The molecule has 0 radical (unpaired) electrons. The topological polar surface area (TPSA) is 57.6 Å². The zero-order valence-corrected chi connectivity index (χ0v) is 11.4. The van der Waals surface area contributed by atoms with Crippen LogP contribution >= 0.6 is 0 Å². The van der Waals surface area contributed by atoms with Crippen LogP contribution in [0.4, 0.5) is 8.78 Å². The van der Waals surface area contributed by atoms with Crippen molar-refractivity contribution in [1.82, 2.24) is 4.90 Å². The molecule has 0 spiro atoms. The average molecular weight is 285 g/mol. The van der Waals surface area contributed by atoms with Gasteiger partial charge in [0, 0.05) is 18.2 Å². The Kier molecular flexibility index (Phi) is 5.61. The molecule has 0 aliphatic rings. The van der Waals surface area contributed by atoms with E-state index in [0.29, 0.717) is 0 Å². The summed E-state index contributed by atoms with van der Waals surface area (Å²) in [5.74, 6) is -3.48. The Bertz CT molecular complexity index is 503. The number of hydrogen-bond acceptors (Lipinski definition) is 2. The number of halogens is 2. The average Bonchev–Trinajstić information content (AvgIpc) is 2.34. The fraction of sp³-hybridized carbons (Fsp3) is 0.429. The van der Waals surface area contributed by atoms with Crippen LogP contribution in [0.25, 0.3) is 0 Å². The molecule has 20 heavy (non-hydrogen) atoms. The molecule has 0 atom stereocenters. The van der Waals surface area contributed by atoms with E-state index in [9.17, 15) is 18.4 Å². The maximum absolute atomic E-state index is 13.5. The molecule has 0 saturated heterocycles. The highest BCUT2D eigenvalue weighted by atomic mass is 19.2. The van der Waals surface area contributed by atoms with E-state index in [0.717, 1.165) is 6.07 Å². The molecule has 6 heteroatoms. The zero-order chi connectivity index (χ0) is 15.3. The molecule has 1 amide bonds. The molecular formula is C14H17F2NO3. The van der Waals surface area contributed by atoms with Gasteiger partial charge in [0.05, 0.1) is 12.8 Å². The van der Waals surface area contributed by atoms with E-state index in [4.69, 9.17) is 5.11 Å². The number of carbonyl (C=O) groups is 2. The SMILES string of the molecule is CC(C)N(CCC(=O)O)C(=O)Cc1cccc(F)c1F. The highest BCUT2D eigenvalue weighted by Crippen LogP contribution is 2.14. The van der Waals surface area contributed by atoms with Crippen LogP contribution in [0, 0.1) is 11.6 Å². The zero-order valence-electron chi connectivity index (χ0n) is 11.4. The molecule has 0 aliphatic heterocycles. The molecule has 110 valence electrons. The minimum Gasteiger partial charge on any atom is -0.481 e. The summed E-state index contributed by atoms with van der Waals surface area (Å²) in [5, 5.41) is 8.65. The van der Waals surface area contributed by atoms with Crippen LogP contribution in [0.15, 0.2) is 18.2 Å². The standard InChI is InChI=1S/C14H17F2NO3/c1-9(2)17(7-6-13(19)20)12(18)8-10-4-3-5-11(15)14(10)16/h3-5,9H,6-8H2,1-2H3,(H,19,20). The van der Waals surface area contributed by atoms with Crippen molar-refractivity contribution in [3.8, 4) is 0 Å². The van der Waals surface area contributed by atoms with Crippen molar-refractivity contribution in [2.45, 2.75) is 32.7 Å². The summed E-state index contributed by atoms with van der Waals surface area (Å²) in [4.78, 5) is 24.0. The second-order valence-electron chi connectivity index (χ2n) is 4.71. The monoisotopic (exact) mass is 285 g/mol.